The third-order valence-electron chi connectivity index (χ3n) is 4.87. The van der Waals surface area contributed by atoms with Gasteiger partial charge in [-0.3, -0.25) is 9.36 Å². The molecule has 30 heavy (non-hydrogen) atoms. The Morgan fingerprint density at radius 2 is 1.67 bits per heavy atom. The van der Waals surface area contributed by atoms with Gasteiger partial charge in [0.1, 0.15) is 22.9 Å². The second kappa shape index (κ2) is 7.11. The van der Waals surface area contributed by atoms with Crippen LogP contribution in [-0.2, 0) is 0 Å². The summed E-state index contributed by atoms with van der Waals surface area (Å²) in [5.41, 5.74) is -2.76. The van der Waals surface area contributed by atoms with Crippen molar-refractivity contribution in [2.45, 2.75) is 12.2 Å². The van der Waals surface area contributed by atoms with Crippen LogP contribution in [0.3, 0.4) is 0 Å². The lowest BCUT2D eigenvalue weighted by molar-refractivity contribution is 0.0572. The van der Waals surface area contributed by atoms with Crippen LogP contribution in [0.5, 0.6) is 0 Å². The minimum absolute atomic E-state index is 0.0242. The molecule has 0 radical (unpaired) electrons. The number of carboxylic acids is 1. The summed E-state index contributed by atoms with van der Waals surface area (Å²) in [6.45, 7) is 0.0484. The minimum Gasteiger partial charge on any atom is -0.477 e. The van der Waals surface area contributed by atoms with Crippen LogP contribution in [0.1, 0.15) is 10.4 Å². The van der Waals surface area contributed by atoms with Crippen LogP contribution in [-0.4, -0.2) is 56.1 Å². The molecule has 3 N–H and O–H groups in total. The Hall–Kier alpha value is -3.44. The average molecular weight is 421 g/mol. The fourth-order valence-electron chi connectivity index (χ4n) is 3.41. The first-order valence-corrected chi connectivity index (χ1v) is 8.73. The van der Waals surface area contributed by atoms with Crippen molar-refractivity contribution in [3.63, 3.8) is 0 Å². The predicted molar refractivity (Wildman–Crippen MR) is 98.4 cm³/mol. The van der Waals surface area contributed by atoms with Crippen LogP contribution in [0.4, 0.5) is 19.0 Å². The van der Waals surface area contributed by atoms with Crippen molar-refractivity contribution in [1.29, 1.82) is 0 Å². The molecule has 0 amide bonds. The van der Waals surface area contributed by atoms with Crippen LogP contribution in [0.25, 0.3) is 16.7 Å². The number of aliphatic hydroxyl groups is 2. The first-order chi connectivity index (χ1) is 14.2. The molecule has 0 aliphatic carbocycles. The molecule has 0 bridgehead atoms. The quantitative estimate of drug-likeness (QED) is 0.579. The van der Waals surface area contributed by atoms with E-state index in [1.54, 1.807) is 0 Å². The molecule has 2 atom stereocenters. The zero-order chi connectivity index (χ0) is 21.7. The largest absolute Gasteiger partial charge is 0.477 e. The second-order valence-corrected chi connectivity index (χ2v) is 6.85. The number of carboxylic acid groups (broad SMARTS) is 1. The molecule has 3 heterocycles. The van der Waals surface area contributed by atoms with Crippen LogP contribution in [0, 0.1) is 17.5 Å². The molecule has 3 aromatic rings. The number of carbonyl (C=O) groups is 1. The van der Waals surface area contributed by atoms with Crippen molar-refractivity contribution in [3.8, 4) is 5.69 Å². The Bertz CT molecular complexity index is 1210. The third-order valence-corrected chi connectivity index (χ3v) is 4.87. The lowest BCUT2D eigenvalue weighted by Crippen LogP contribution is -2.24. The number of β-amino-alcohol motifs (C(OH)–C–C–N with tert-alkyl or cyclic N) is 2. The number of hydrogen-bond donors (Lipinski definition) is 3. The number of anilines is 1. The van der Waals surface area contributed by atoms with Crippen molar-refractivity contribution >= 4 is 22.8 Å². The Kier molecular flexibility index (Phi) is 4.71. The van der Waals surface area contributed by atoms with Gasteiger partial charge in [0.05, 0.1) is 17.6 Å². The maximum Gasteiger partial charge on any atom is 0.341 e. The van der Waals surface area contributed by atoms with E-state index in [9.17, 15) is 38.1 Å². The monoisotopic (exact) mass is 421 g/mol. The number of nitrogens with zero attached hydrogens (tertiary/aromatic N) is 3. The Balaban J connectivity index is 2.02. The molecule has 8 nitrogen and oxygen atoms in total. The second-order valence-electron chi connectivity index (χ2n) is 6.85. The van der Waals surface area contributed by atoms with Crippen LogP contribution < -0.4 is 10.3 Å². The third kappa shape index (κ3) is 3.17. The van der Waals surface area contributed by atoms with Gasteiger partial charge in [0.15, 0.2) is 17.3 Å². The first-order valence-electron chi connectivity index (χ1n) is 8.73. The molecule has 2 aromatic heterocycles. The molecule has 1 saturated heterocycles. The van der Waals surface area contributed by atoms with E-state index >= 15 is 0 Å². The van der Waals surface area contributed by atoms with Crippen molar-refractivity contribution in [1.82, 2.24) is 9.55 Å². The highest BCUT2D eigenvalue weighted by molar-refractivity contribution is 5.92. The zero-order valence-electron chi connectivity index (χ0n) is 15.1. The standard InChI is InChI=1S/C19H14F3N3O5/c20-8-3-11(21)16(12(22)4-8)25-5-10(19(29)30)17(28)9-1-2-15(23-18(9)25)24-6-13(26)14(27)7-24/h1-5,13-14,26-27H,6-7H2,(H,29,30). The van der Waals surface area contributed by atoms with E-state index in [-0.39, 0.29) is 29.9 Å². The molecule has 1 fully saturated rings. The summed E-state index contributed by atoms with van der Waals surface area (Å²) in [4.78, 5) is 29.7. The highest BCUT2D eigenvalue weighted by Crippen LogP contribution is 2.26. The van der Waals surface area contributed by atoms with Gasteiger partial charge in [-0.25, -0.2) is 22.9 Å². The predicted octanol–water partition coefficient (Wildman–Crippen LogP) is 1.04. The van der Waals surface area contributed by atoms with Crippen LogP contribution in [0.15, 0.2) is 35.3 Å². The molecular weight excluding hydrogens is 407 g/mol. The Morgan fingerprint density at radius 1 is 1.07 bits per heavy atom. The van der Waals surface area contributed by atoms with Crippen LogP contribution >= 0.6 is 0 Å². The summed E-state index contributed by atoms with van der Waals surface area (Å²) in [5.74, 6) is -5.27. The lowest BCUT2D eigenvalue weighted by Gasteiger charge is -2.19. The van der Waals surface area contributed by atoms with Gasteiger partial charge < -0.3 is 20.2 Å². The number of aromatic carboxylic acids is 1. The smallest absolute Gasteiger partial charge is 0.341 e. The summed E-state index contributed by atoms with van der Waals surface area (Å²) in [6.07, 6.45) is -1.35. The van der Waals surface area contributed by atoms with Gasteiger partial charge >= 0.3 is 5.97 Å². The molecule has 156 valence electrons. The van der Waals surface area contributed by atoms with Crippen molar-refractivity contribution in [2.75, 3.05) is 18.0 Å². The summed E-state index contributed by atoms with van der Waals surface area (Å²) in [6, 6.07) is 3.43. The summed E-state index contributed by atoms with van der Waals surface area (Å²) < 4.78 is 42.9. The average Bonchev–Trinajstić information content (AvgIpc) is 3.01. The number of aliphatic hydroxyl groups excluding tert-OH is 2. The van der Waals surface area contributed by atoms with Gasteiger partial charge in [-0.1, -0.05) is 0 Å². The van der Waals surface area contributed by atoms with E-state index in [1.807, 2.05) is 0 Å². The van der Waals surface area contributed by atoms with E-state index in [4.69, 9.17) is 0 Å². The highest BCUT2D eigenvalue weighted by Gasteiger charge is 2.31. The fraction of sp³-hybridized carbons (Fsp3) is 0.211. The van der Waals surface area contributed by atoms with E-state index in [0.29, 0.717) is 12.1 Å². The summed E-state index contributed by atoms with van der Waals surface area (Å²) in [7, 11) is 0. The SMILES string of the molecule is O=C(O)c1cn(-c2c(F)cc(F)cc2F)c2nc(N3CC(O)C(O)C3)ccc2c1=O. The first kappa shape index (κ1) is 19.9. The van der Waals surface area contributed by atoms with E-state index in [0.717, 1.165) is 10.8 Å². The Morgan fingerprint density at radius 3 is 2.23 bits per heavy atom. The molecule has 1 aliphatic rings. The van der Waals surface area contributed by atoms with Gasteiger partial charge in [-0.2, -0.15) is 0 Å². The molecule has 11 heteroatoms. The molecule has 1 aliphatic heterocycles. The van der Waals surface area contributed by atoms with Crippen molar-refractivity contribution in [3.05, 3.63) is 63.7 Å². The van der Waals surface area contributed by atoms with Gasteiger partial charge in [0, 0.05) is 31.4 Å². The molecule has 4 rings (SSSR count). The summed E-state index contributed by atoms with van der Waals surface area (Å²) >= 11 is 0. The topological polar surface area (TPSA) is 116 Å². The van der Waals surface area contributed by atoms with Gasteiger partial charge in [-0.15, -0.1) is 0 Å². The van der Waals surface area contributed by atoms with Crippen molar-refractivity contribution < 1.29 is 33.3 Å². The molecular formula is C19H14F3N3O5. The fourth-order valence-corrected chi connectivity index (χ4v) is 3.41. The lowest BCUT2D eigenvalue weighted by atomic mass is 10.1. The van der Waals surface area contributed by atoms with E-state index in [2.05, 4.69) is 4.98 Å². The van der Waals surface area contributed by atoms with Crippen LogP contribution in [0.2, 0.25) is 0 Å². The van der Waals surface area contributed by atoms with E-state index < -0.39 is 52.3 Å². The maximum absolute atomic E-state index is 14.4. The maximum atomic E-state index is 14.4. The van der Waals surface area contributed by atoms with Gasteiger partial charge in [0.2, 0.25) is 5.43 Å². The number of benzene rings is 1. The van der Waals surface area contributed by atoms with E-state index in [1.165, 1.54) is 17.0 Å². The molecule has 1 aromatic carbocycles. The minimum atomic E-state index is -1.62. The summed E-state index contributed by atoms with van der Waals surface area (Å²) in [5, 5.41) is 28.6. The number of aromatic nitrogens is 2. The van der Waals surface area contributed by atoms with Crippen molar-refractivity contribution in [2.24, 2.45) is 0 Å². The number of rotatable bonds is 3. The normalized spacial score (nSPS) is 18.9. The number of halogens is 3. The zero-order valence-corrected chi connectivity index (χ0v) is 15.1. The highest BCUT2D eigenvalue weighted by atomic mass is 19.1. The molecule has 0 saturated carbocycles. The Labute approximate surface area is 166 Å². The number of pyridine rings is 2. The van der Waals surface area contributed by atoms with Gasteiger partial charge in [0.25, 0.3) is 0 Å². The molecule has 0 spiro atoms. The van der Waals surface area contributed by atoms with Gasteiger partial charge in [-0.05, 0) is 12.1 Å². The number of hydrogen-bond acceptors (Lipinski definition) is 6. The number of fused-ring (bicyclic) bond motifs is 1. The molecule has 2 unspecified atom stereocenters.